The van der Waals surface area contributed by atoms with Crippen molar-refractivity contribution in [3.05, 3.63) is 0 Å². The quantitative estimate of drug-likeness (QED) is 0.0561. The normalized spacial score (nSPS) is 12.8. The van der Waals surface area contributed by atoms with Crippen molar-refractivity contribution in [1.82, 2.24) is 16.0 Å². The van der Waals surface area contributed by atoms with Crippen LogP contribution < -0.4 is 33.2 Å². The summed E-state index contributed by atoms with van der Waals surface area (Å²) in [4.78, 5) is 27.3. The van der Waals surface area contributed by atoms with Crippen LogP contribution in [0.5, 0.6) is 0 Å². The summed E-state index contributed by atoms with van der Waals surface area (Å²) in [7, 11) is 0. The molecule has 0 aromatic heterocycles. The predicted octanol–water partition coefficient (Wildman–Crippen LogP) is -2.55. The molecule has 2 amide bonds. The summed E-state index contributed by atoms with van der Waals surface area (Å²) in [5.41, 5.74) is 15.8. The zero-order chi connectivity index (χ0) is 21.2. The van der Waals surface area contributed by atoms with Crippen LogP contribution >= 0.6 is 0 Å². The van der Waals surface area contributed by atoms with E-state index in [0.29, 0.717) is 38.9 Å². The summed E-state index contributed by atoms with van der Waals surface area (Å²) in [5, 5.41) is 27.5. The van der Waals surface area contributed by atoms with Crippen molar-refractivity contribution in [3.63, 3.8) is 0 Å². The summed E-state index contributed by atoms with van der Waals surface area (Å²) in [6, 6.07) is 0. The predicted molar refractivity (Wildman–Crippen MR) is 108 cm³/mol. The molecule has 0 spiro atoms. The number of rotatable bonds is 17. The Kier molecular flexibility index (Phi) is 16.0. The number of hydrogen-bond donors (Lipinski definition) is 8. The number of hydrogen-bond acceptors (Lipinski definition) is 7. The molecule has 0 aliphatic rings. The topological polar surface area (TPSA) is 201 Å². The van der Waals surface area contributed by atoms with Crippen molar-refractivity contribution in [2.45, 2.75) is 57.3 Å². The van der Waals surface area contributed by atoms with Crippen LogP contribution in [-0.2, 0) is 9.59 Å². The Morgan fingerprint density at radius 1 is 0.964 bits per heavy atom. The lowest BCUT2D eigenvalue weighted by Gasteiger charge is -2.15. The number of nitrogens with zero attached hydrogens (tertiary/aromatic N) is 1. The lowest BCUT2D eigenvalue weighted by molar-refractivity contribution is -0.137. The fraction of sp³-hybridized carbons (Fsp3) is 0.824. The zero-order valence-corrected chi connectivity index (χ0v) is 16.5. The molecule has 11 nitrogen and oxygen atoms in total. The highest BCUT2D eigenvalue weighted by Crippen LogP contribution is 2.05. The molecule has 11 N–H and O–H groups in total. The molecular formula is C17H37N7O4. The van der Waals surface area contributed by atoms with Gasteiger partial charge in [0.2, 0.25) is 12.1 Å². The molecule has 0 radical (unpaired) electrons. The summed E-state index contributed by atoms with van der Waals surface area (Å²) >= 11 is 0. The highest BCUT2D eigenvalue weighted by molar-refractivity contribution is 5.86. The monoisotopic (exact) mass is 403 g/mol. The average Bonchev–Trinajstić information content (AvgIpc) is 2.62. The third kappa shape index (κ3) is 16.2. The van der Waals surface area contributed by atoms with Gasteiger partial charge in [0, 0.05) is 13.1 Å². The maximum absolute atomic E-state index is 11.8. The van der Waals surface area contributed by atoms with Crippen molar-refractivity contribution in [2.24, 2.45) is 22.2 Å². The maximum Gasteiger partial charge on any atom is 0.269 e. The van der Waals surface area contributed by atoms with E-state index in [1.165, 1.54) is 0 Å². The van der Waals surface area contributed by atoms with Gasteiger partial charge in [-0.25, -0.2) is 0 Å². The third-order valence-corrected chi connectivity index (χ3v) is 3.84. The van der Waals surface area contributed by atoms with Gasteiger partial charge in [-0.05, 0) is 58.2 Å². The van der Waals surface area contributed by atoms with E-state index in [2.05, 4.69) is 20.9 Å². The number of aliphatic hydroxyl groups is 2. The molecule has 0 aromatic rings. The van der Waals surface area contributed by atoms with Gasteiger partial charge in [0.15, 0.2) is 5.96 Å². The fourth-order valence-corrected chi connectivity index (χ4v) is 2.33. The van der Waals surface area contributed by atoms with Crippen LogP contribution in [0.2, 0.25) is 0 Å². The van der Waals surface area contributed by atoms with E-state index < -0.39 is 24.1 Å². The summed E-state index contributed by atoms with van der Waals surface area (Å²) < 4.78 is 0. The molecule has 0 aliphatic heterocycles. The van der Waals surface area contributed by atoms with Crippen LogP contribution in [0.3, 0.4) is 0 Å². The Bertz CT molecular complexity index is 459. The first kappa shape index (κ1) is 26.1. The first-order valence-corrected chi connectivity index (χ1v) is 9.76. The second-order valence-corrected chi connectivity index (χ2v) is 6.52. The van der Waals surface area contributed by atoms with Gasteiger partial charge in [-0.2, -0.15) is 0 Å². The van der Waals surface area contributed by atoms with Crippen molar-refractivity contribution < 1.29 is 19.8 Å². The van der Waals surface area contributed by atoms with Gasteiger partial charge in [-0.1, -0.05) is 0 Å². The number of nitrogens with one attached hydrogen (secondary N) is 3. The Morgan fingerprint density at radius 2 is 1.64 bits per heavy atom. The van der Waals surface area contributed by atoms with Crippen LogP contribution in [0, 0.1) is 0 Å². The Hall–Kier alpha value is -1.95. The molecular weight excluding hydrogens is 366 g/mol. The fourth-order valence-electron chi connectivity index (χ4n) is 2.33. The van der Waals surface area contributed by atoms with Crippen molar-refractivity contribution >= 4 is 17.8 Å². The smallest absolute Gasteiger partial charge is 0.269 e. The van der Waals surface area contributed by atoms with E-state index in [4.69, 9.17) is 17.2 Å². The van der Waals surface area contributed by atoms with Gasteiger partial charge in [-0.3, -0.25) is 14.6 Å². The van der Waals surface area contributed by atoms with Crippen molar-refractivity contribution in [2.75, 3.05) is 32.7 Å². The van der Waals surface area contributed by atoms with E-state index in [0.717, 1.165) is 32.4 Å². The summed E-state index contributed by atoms with van der Waals surface area (Å²) in [6.45, 7) is 3.23. The van der Waals surface area contributed by atoms with E-state index >= 15 is 0 Å². The van der Waals surface area contributed by atoms with Gasteiger partial charge < -0.3 is 43.4 Å². The molecule has 0 saturated carbocycles. The zero-order valence-electron chi connectivity index (χ0n) is 16.5. The first-order chi connectivity index (χ1) is 13.4. The van der Waals surface area contributed by atoms with E-state index in [1.807, 2.05) is 0 Å². The molecule has 0 saturated heterocycles. The van der Waals surface area contributed by atoms with Crippen LogP contribution in [-0.4, -0.2) is 73.0 Å². The molecule has 0 rings (SSSR count). The van der Waals surface area contributed by atoms with Crippen molar-refractivity contribution in [1.29, 1.82) is 0 Å². The lowest BCUT2D eigenvalue weighted by atomic mass is 10.1. The second kappa shape index (κ2) is 17.2. The molecule has 0 aliphatic carbocycles. The number of nitrogens with two attached hydrogens (primary N) is 3. The van der Waals surface area contributed by atoms with Gasteiger partial charge in [0.05, 0.1) is 12.5 Å². The number of aliphatic imine (C=N–C) groups is 1. The van der Waals surface area contributed by atoms with Gasteiger partial charge >= 0.3 is 0 Å². The van der Waals surface area contributed by atoms with Gasteiger partial charge in [0.1, 0.15) is 0 Å². The second-order valence-electron chi connectivity index (χ2n) is 6.52. The number of aliphatic hydroxyl groups excluding tert-OH is 2. The number of carbonyl (C=O) groups is 2. The average molecular weight is 404 g/mol. The molecule has 11 heteroatoms. The maximum atomic E-state index is 11.8. The molecule has 28 heavy (non-hydrogen) atoms. The van der Waals surface area contributed by atoms with Crippen LogP contribution in [0.25, 0.3) is 0 Å². The van der Waals surface area contributed by atoms with E-state index in [9.17, 15) is 19.8 Å². The molecule has 0 fully saturated rings. The third-order valence-electron chi connectivity index (χ3n) is 3.84. The lowest BCUT2D eigenvalue weighted by Crippen LogP contribution is -2.47. The minimum atomic E-state index is -1.63. The van der Waals surface area contributed by atoms with Crippen LogP contribution in [0.15, 0.2) is 4.99 Å². The van der Waals surface area contributed by atoms with Crippen LogP contribution in [0.4, 0.5) is 0 Å². The number of carbonyl (C=O) groups excluding carboxylic acids is 2. The minimum Gasteiger partial charge on any atom is -0.393 e. The standard InChI is InChI=1S/C17H37N7O4/c18-7-5-9-21-8-3-4-10-22-15(27)16(28)24-14(26)12-13(25)6-1-2-11-23-17(19)20/h13,16,21,25,28H,1-12,18H2,(H,22,27)(H,24,26)(H4,19,20,23)/t13-,16?/m0/s1. The van der Waals surface area contributed by atoms with Crippen molar-refractivity contribution in [3.8, 4) is 0 Å². The SMILES string of the molecule is NCCCNCCCCNC(=O)C(O)NC(=O)C[C@@H](O)CCCCN=C(N)N. The highest BCUT2D eigenvalue weighted by atomic mass is 16.3. The summed E-state index contributed by atoms with van der Waals surface area (Å²) in [6.07, 6.45) is 1.60. The van der Waals surface area contributed by atoms with Gasteiger partial charge in [0.25, 0.3) is 5.91 Å². The molecule has 164 valence electrons. The Balaban J connectivity index is 3.76. The van der Waals surface area contributed by atoms with E-state index in [-0.39, 0.29) is 12.4 Å². The number of unbranched alkanes of at least 4 members (excludes halogenated alkanes) is 2. The Morgan fingerprint density at radius 3 is 2.32 bits per heavy atom. The molecule has 0 heterocycles. The summed E-state index contributed by atoms with van der Waals surface area (Å²) in [5.74, 6) is -1.24. The molecule has 2 atom stereocenters. The first-order valence-electron chi connectivity index (χ1n) is 9.76. The van der Waals surface area contributed by atoms with Gasteiger partial charge in [-0.15, -0.1) is 0 Å². The van der Waals surface area contributed by atoms with Crippen LogP contribution in [0.1, 0.15) is 44.9 Å². The Labute approximate surface area is 166 Å². The molecule has 1 unspecified atom stereocenters. The number of guanidine groups is 1. The number of amides is 2. The minimum absolute atomic E-state index is 0.0198. The molecule has 0 bridgehead atoms. The molecule has 0 aromatic carbocycles. The highest BCUT2D eigenvalue weighted by Gasteiger charge is 2.18. The largest absolute Gasteiger partial charge is 0.393 e. The van der Waals surface area contributed by atoms with E-state index in [1.54, 1.807) is 0 Å².